The number of fused-ring (bicyclic) bond motifs is 1. The van der Waals surface area contributed by atoms with Crippen LogP contribution in [0.1, 0.15) is 6.42 Å². The van der Waals surface area contributed by atoms with Gasteiger partial charge in [0, 0.05) is 11.3 Å². The molecule has 4 heteroatoms. The summed E-state index contributed by atoms with van der Waals surface area (Å²) in [6, 6.07) is 0.114. The van der Waals surface area contributed by atoms with Gasteiger partial charge in [-0.15, -0.1) is 0 Å². The number of allylic oxidation sites excluding steroid dienone is 2. The molecule has 1 heterocycles. The molecule has 13 heavy (non-hydrogen) atoms. The number of rotatable bonds is 2. The van der Waals surface area contributed by atoms with E-state index < -0.39 is 5.78 Å². The van der Waals surface area contributed by atoms with Crippen molar-refractivity contribution >= 4 is 18.4 Å². The van der Waals surface area contributed by atoms with Crippen LogP contribution in [0.3, 0.4) is 0 Å². The van der Waals surface area contributed by atoms with Crippen LogP contribution in [0, 0.1) is 0 Å². The average Bonchev–Trinajstić information content (AvgIpc) is 2.63. The maximum absolute atomic E-state index is 11.0. The minimum Gasteiger partial charge on any atom is -0.348 e. The zero-order chi connectivity index (χ0) is 9.26. The van der Waals surface area contributed by atoms with Gasteiger partial charge in [-0.1, -0.05) is 6.08 Å². The molecule has 1 aliphatic heterocycles. The Bertz CT molecular complexity index is 353. The number of nitrogens with zero attached hydrogens (tertiary/aromatic N) is 1. The van der Waals surface area contributed by atoms with Crippen molar-refractivity contribution in [3.63, 3.8) is 0 Å². The Morgan fingerprint density at radius 1 is 1.69 bits per heavy atom. The van der Waals surface area contributed by atoms with Crippen LogP contribution in [-0.2, 0) is 9.59 Å². The van der Waals surface area contributed by atoms with Crippen LogP contribution in [-0.4, -0.2) is 24.4 Å². The van der Waals surface area contributed by atoms with Crippen molar-refractivity contribution in [2.75, 3.05) is 0 Å². The highest BCUT2D eigenvalue weighted by Crippen LogP contribution is 2.21. The SMILES string of the molecule is O=CC(=O)C1=CCC2N=CNC2=C1. The second-order valence-corrected chi connectivity index (χ2v) is 2.92. The summed E-state index contributed by atoms with van der Waals surface area (Å²) in [6.07, 6.45) is 6.05. The smallest absolute Gasteiger partial charge is 0.225 e. The molecular weight excluding hydrogens is 168 g/mol. The first-order chi connectivity index (χ1) is 6.31. The second-order valence-electron chi connectivity index (χ2n) is 2.92. The molecule has 0 aromatic heterocycles. The highest BCUT2D eigenvalue weighted by Gasteiger charge is 2.21. The first kappa shape index (κ1) is 7.91. The summed E-state index contributed by atoms with van der Waals surface area (Å²) in [6.45, 7) is 0. The monoisotopic (exact) mass is 176 g/mol. The van der Waals surface area contributed by atoms with Gasteiger partial charge >= 0.3 is 0 Å². The second kappa shape index (κ2) is 2.97. The number of carbonyl (C=O) groups is 2. The summed E-state index contributed by atoms with van der Waals surface area (Å²) in [5.74, 6) is -0.473. The van der Waals surface area contributed by atoms with Gasteiger partial charge in [0.25, 0.3) is 0 Å². The van der Waals surface area contributed by atoms with Crippen molar-refractivity contribution < 1.29 is 9.59 Å². The van der Waals surface area contributed by atoms with E-state index in [1.54, 1.807) is 18.5 Å². The largest absolute Gasteiger partial charge is 0.348 e. The summed E-state index contributed by atoms with van der Waals surface area (Å²) in [5, 5.41) is 2.93. The maximum atomic E-state index is 11.0. The molecule has 0 spiro atoms. The normalized spacial score (nSPS) is 24.2. The van der Waals surface area contributed by atoms with Crippen molar-refractivity contribution in [2.45, 2.75) is 12.5 Å². The molecule has 1 unspecified atom stereocenters. The number of nitrogens with one attached hydrogen (secondary N) is 1. The molecule has 0 amide bonds. The summed E-state index contributed by atoms with van der Waals surface area (Å²) < 4.78 is 0. The van der Waals surface area contributed by atoms with Crippen LogP contribution in [0.5, 0.6) is 0 Å². The molecular formula is C9H8N2O2. The Morgan fingerprint density at radius 3 is 3.31 bits per heavy atom. The fraction of sp³-hybridized carbons (Fsp3) is 0.222. The highest BCUT2D eigenvalue weighted by atomic mass is 16.2. The fourth-order valence-corrected chi connectivity index (χ4v) is 1.41. The molecule has 0 bridgehead atoms. The Hall–Kier alpha value is -1.71. The van der Waals surface area contributed by atoms with E-state index in [9.17, 15) is 9.59 Å². The zero-order valence-corrected chi connectivity index (χ0v) is 6.86. The van der Waals surface area contributed by atoms with Crippen LogP contribution in [0.4, 0.5) is 0 Å². The third-order valence-electron chi connectivity index (χ3n) is 2.11. The number of hydrogen-bond acceptors (Lipinski definition) is 4. The van der Waals surface area contributed by atoms with Crippen molar-refractivity contribution in [3.05, 3.63) is 23.4 Å². The predicted octanol–water partition coefficient (Wildman–Crippen LogP) is -0.0315. The molecule has 1 atom stereocenters. The molecule has 0 fully saturated rings. The van der Waals surface area contributed by atoms with Crippen molar-refractivity contribution in [1.82, 2.24) is 5.32 Å². The highest BCUT2D eigenvalue weighted by molar-refractivity contribution is 6.34. The van der Waals surface area contributed by atoms with Crippen molar-refractivity contribution in [3.8, 4) is 0 Å². The van der Waals surface area contributed by atoms with Gasteiger partial charge in [0.2, 0.25) is 5.78 Å². The van der Waals surface area contributed by atoms with Crippen LogP contribution in [0.15, 0.2) is 28.4 Å². The summed E-state index contributed by atoms with van der Waals surface area (Å²) in [5.41, 5.74) is 1.35. The number of carbonyl (C=O) groups excluding carboxylic acids is 2. The number of ketones is 1. The summed E-state index contributed by atoms with van der Waals surface area (Å²) >= 11 is 0. The van der Waals surface area contributed by atoms with Crippen molar-refractivity contribution in [1.29, 1.82) is 0 Å². The van der Waals surface area contributed by atoms with Gasteiger partial charge in [-0.2, -0.15) is 0 Å². The predicted molar refractivity (Wildman–Crippen MR) is 47.3 cm³/mol. The van der Waals surface area contributed by atoms with E-state index >= 15 is 0 Å². The van der Waals surface area contributed by atoms with Crippen LogP contribution in [0.25, 0.3) is 0 Å². The van der Waals surface area contributed by atoms with Gasteiger partial charge < -0.3 is 5.32 Å². The van der Waals surface area contributed by atoms with Crippen molar-refractivity contribution in [2.24, 2.45) is 4.99 Å². The Balaban J connectivity index is 2.23. The molecule has 0 saturated heterocycles. The van der Waals surface area contributed by atoms with Gasteiger partial charge in [0.1, 0.15) is 0 Å². The molecule has 1 aliphatic carbocycles. The topological polar surface area (TPSA) is 58.5 Å². The summed E-state index contributed by atoms with van der Waals surface area (Å²) in [7, 11) is 0. The molecule has 0 radical (unpaired) electrons. The van der Waals surface area contributed by atoms with Gasteiger partial charge in [-0.05, 0) is 12.5 Å². The van der Waals surface area contributed by atoms with E-state index in [4.69, 9.17) is 0 Å². The molecule has 0 aromatic carbocycles. The lowest BCUT2D eigenvalue weighted by atomic mass is 9.98. The molecule has 66 valence electrons. The third kappa shape index (κ3) is 1.30. The Kier molecular flexibility index (Phi) is 1.81. The van der Waals surface area contributed by atoms with Gasteiger partial charge in [-0.25, -0.2) is 0 Å². The summed E-state index contributed by atoms with van der Waals surface area (Å²) in [4.78, 5) is 25.4. The van der Waals surface area contributed by atoms with Crippen LogP contribution < -0.4 is 5.32 Å². The molecule has 0 saturated carbocycles. The zero-order valence-electron chi connectivity index (χ0n) is 6.86. The minimum absolute atomic E-state index is 0.114. The van der Waals surface area contributed by atoms with Crippen LogP contribution >= 0.6 is 0 Å². The number of aldehydes is 1. The quantitative estimate of drug-likeness (QED) is 0.474. The molecule has 0 aromatic rings. The lowest BCUT2D eigenvalue weighted by Gasteiger charge is -2.12. The van der Waals surface area contributed by atoms with E-state index in [2.05, 4.69) is 10.3 Å². The average molecular weight is 176 g/mol. The third-order valence-corrected chi connectivity index (χ3v) is 2.11. The number of Topliss-reactive ketones (excluding diaryl/α,β-unsaturated/α-hetero) is 1. The first-order valence-electron chi connectivity index (χ1n) is 4.00. The maximum Gasteiger partial charge on any atom is 0.225 e. The van der Waals surface area contributed by atoms with Gasteiger partial charge in [-0.3, -0.25) is 14.6 Å². The number of aliphatic imine (C=N–C) groups is 1. The van der Waals surface area contributed by atoms with E-state index in [0.29, 0.717) is 18.3 Å². The molecule has 2 aliphatic rings. The van der Waals surface area contributed by atoms with E-state index in [0.717, 1.165) is 5.70 Å². The lowest BCUT2D eigenvalue weighted by molar-refractivity contribution is -0.127. The lowest BCUT2D eigenvalue weighted by Crippen LogP contribution is -2.18. The fourth-order valence-electron chi connectivity index (χ4n) is 1.41. The van der Waals surface area contributed by atoms with Gasteiger partial charge in [0.05, 0.1) is 12.4 Å². The Labute approximate surface area is 75.0 Å². The molecule has 2 rings (SSSR count). The minimum atomic E-state index is -0.473. The van der Waals surface area contributed by atoms with E-state index in [-0.39, 0.29) is 6.04 Å². The molecule has 4 nitrogen and oxygen atoms in total. The number of hydrogen-bond donors (Lipinski definition) is 1. The standard InChI is InChI=1S/C9H8N2O2/c12-4-9(13)6-1-2-7-8(3-6)11-5-10-7/h1,3-5,7H,2H2,(H,10,11). The molecule has 1 N–H and O–H groups in total. The van der Waals surface area contributed by atoms with Gasteiger partial charge in [0.15, 0.2) is 6.29 Å². The first-order valence-corrected chi connectivity index (χ1v) is 4.00. The Morgan fingerprint density at radius 2 is 2.54 bits per heavy atom. The van der Waals surface area contributed by atoms with E-state index in [1.165, 1.54) is 0 Å². The van der Waals surface area contributed by atoms with E-state index in [1.807, 2.05) is 0 Å². The van der Waals surface area contributed by atoms with Crippen LogP contribution in [0.2, 0.25) is 0 Å².